The second kappa shape index (κ2) is 10.3. The van der Waals surface area contributed by atoms with Crippen molar-refractivity contribution in [3.05, 3.63) is 59.7 Å². The number of hydrogen-bond acceptors (Lipinski definition) is 5. The van der Waals surface area contributed by atoms with E-state index < -0.39 is 30.1 Å². The summed E-state index contributed by atoms with van der Waals surface area (Å²) in [6, 6.07) is 14.9. The molecule has 1 unspecified atom stereocenters. The number of aliphatic hydroxyl groups excluding tert-OH is 1. The number of carboxylic acids is 1. The van der Waals surface area contributed by atoms with Crippen molar-refractivity contribution in [2.45, 2.75) is 44.2 Å². The van der Waals surface area contributed by atoms with E-state index in [2.05, 4.69) is 5.32 Å². The van der Waals surface area contributed by atoms with Crippen LogP contribution in [-0.4, -0.2) is 64.9 Å². The summed E-state index contributed by atoms with van der Waals surface area (Å²) in [5.74, 6) is -1.47. The Labute approximate surface area is 198 Å². The molecule has 34 heavy (non-hydrogen) atoms. The summed E-state index contributed by atoms with van der Waals surface area (Å²) >= 11 is 0. The van der Waals surface area contributed by atoms with Gasteiger partial charge in [0.1, 0.15) is 12.6 Å². The molecule has 0 spiro atoms. The molecule has 0 radical (unpaired) electrons. The molecule has 8 heteroatoms. The highest BCUT2D eigenvalue weighted by Gasteiger charge is 2.33. The molecule has 2 aromatic rings. The molecule has 0 saturated carbocycles. The van der Waals surface area contributed by atoms with Gasteiger partial charge in [0.25, 0.3) is 0 Å². The van der Waals surface area contributed by atoms with Gasteiger partial charge in [0.15, 0.2) is 0 Å². The van der Waals surface area contributed by atoms with Gasteiger partial charge < -0.3 is 25.2 Å². The summed E-state index contributed by atoms with van der Waals surface area (Å²) in [5.41, 5.74) is 4.37. The van der Waals surface area contributed by atoms with E-state index >= 15 is 0 Å². The second-order valence-corrected chi connectivity index (χ2v) is 9.19. The quantitative estimate of drug-likeness (QED) is 0.578. The highest BCUT2D eigenvalue weighted by Crippen LogP contribution is 2.44. The van der Waals surface area contributed by atoms with E-state index in [1.54, 1.807) is 0 Å². The molecule has 180 valence electrons. The maximum atomic E-state index is 13.1. The average molecular weight is 467 g/mol. The van der Waals surface area contributed by atoms with Gasteiger partial charge >= 0.3 is 12.1 Å². The Morgan fingerprint density at radius 2 is 1.68 bits per heavy atom. The number of amides is 2. The van der Waals surface area contributed by atoms with E-state index in [1.165, 1.54) is 4.90 Å². The topological polar surface area (TPSA) is 116 Å². The fourth-order valence-corrected chi connectivity index (χ4v) is 5.03. The number of hydrogen-bond donors (Lipinski definition) is 3. The third-order valence-electron chi connectivity index (χ3n) is 6.53. The molecule has 3 atom stereocenters. The predicted molar refractivity (Wildman–Crippen MR) is 125 cm³/mol. The van der Waals surface area contributed by atoms with Crippen molar-refractivity contribution < 1.29 is 29.3 Å². The molecule has 1 saturated heterocycles. The summed E-state index contributed by atoms with van der Waals surface area (Å²) in [7, 11) is 0. The lowest BCUT2D eigenvalue weighted by molar-refractivity contribution is -0.139. The Kier molecular flexibility index (Phi) is 7.17. The van der Waals surface area contributed by atoms with E-state index in [0.717, 1.165) is 22.3 Å². The minimum Gasteiger partial charge on any atom is -0.481 e. The van der Waals surface area contributed by atoms with Crippen molar-refractivity contribution in [1.82, 2.24) is 10.2 Å². The highest BCUT2D eigenvalue weighted by molar-refractivity contribution is 5.86. The molecule has 1 heterocycles. The third-order valence-corrected chi connectivity index (χ3v) is 6.53. The summed E-state index contributed by atoms with van der Waals surface area (Å²) in [6.07, 6.45) is -1.13. The first-order valence-corrected chi connectivity index (χ1v) is 11.6. The fourth-order valence-electron chi connectivity index (χ4n) is 5.03. The smallest absolute Gasteiger partial charge is 0.407 e. The van der Waals surface area contributed by atoms with Gasteiger partial charge in [-0.2, -0.15) is 0 Å². The molecular formula is C26H30N2O6. The Balaban J connectivity index is 1.43. The molecule has 1 aliphatic carbocycles. The van der Waals surface area contributed by atoms with Crippen molar-refractivity contribution in [3.63, 3.8) is 0 Å². The van der Waals surface area contributed by atoms with Gasteiger partial charge in [-0.05, 0) is 41.0 Å². The number of alkyl carbamates (subject to hydrolysis) is 1. The molecule has 2 amide bonds. The minimum atomic E-state index is -1.06. The summed E-state index contributed by atoms with van der Waals surface area (Å²) < 4.78 is 5.54. The Bertz CT molecular complexity index is 1020. The zero-order valence-electron chi connectivity index (χ0n) is 19.1. The van der Waals surface area contributed by atoms with E-state index in [-0.39, 0.29) is 37.8 Å². The van der Waals surface area contributed by atoms with Crippen LogP contribution in [0.15, 0.2) is 48.5 Å². The molecule has 3 N–H and O–H groups in total. The summed E-state index contributed by atoms with van der Waals surface area (Å²) in [4.78, 5) is 38.4. The molecule has 8 nitrogen and oxygen atoms in total. The van der Waals surface area contributed by atoms with E-state index in [1.807, 2.05) is 55.5 Å². The monoisotopic (exact) mass is 466 g/mol. The number of fused-ring (bicyclic) bond motifs is 3. The highest BCUT2D eigenvalue weighted by atomic mass is 16.5. The van der Waals surface area contributed by atoms with Crippen LogP contribution in [0.4, 0.5) is 4.79 Å². The van der Waals surface area contributed by atoms with Gasteiger partial charge in [-0.15, -0.1) is 0 Å². The van der Waals surface area contributed by atoms with Crippen molar-refractivity contribution >= 4 is 18.0 Å². The van der Waals surface area contributed by atoms with Gasteiger partial charge in [-0.3, -0.25) is 9.59 Å². The number of ether oxygens (including phenoxy) is 1. The van der Waals surface area contributed by atoms with E-state index in [9.17, 15) is 19.5 Å². The van der Waals surface area contributed by atoms with E-state index in [4.69, 9.17) is 9.84 Å². The molecule has 0 bridgehead atoms. The number of nitrogens with zero attached hydrogens (tertiary/aromatic N) is 1. The van der Waals surface area contributed by atoms with Crippen LogP contribution < -0.4 is 5.32 Å². The van der Waals surface area contributed by atoms with Crippen LogP contribution in [-0.2, 0) is 14.3 Å². The van der Waals surface area contributed by atoms with Crippen LogP contribution in [0.2, 0.25) is 0 Å². The SMILES string of the molecule is C[C@@H]1C[C@H](O)CN(C(=O)C(CCC(=O)O)NC(=O)OCC2c3ccccc3-c3ccccc32)C1. The van der Waals surface area contributed by atoms with Gasteiger partial charge in [0, 0.05) is 25.4 Å². The largest absolute Gasteiger partial charge is 0.481 e. The predicted octanol–water partition coefficient (Wildman–Crippen LogP) is 2.99. The number of likely N-dealkylation sites (tertiary alicyclic amines) is 1. The molecule has 2 aromatic carbocycles. The average Bonchev–Trinajstić information content (AvgIpc) is 3.13. The lowest BCUT2D eigenvalue weighted by Gasteiger charge is -2.36. The standard InChI is InChI=1S/C26H30N2O6/c1-16-12-17(29)14-28(13-16)25(32)23(10-11-24(30)31)27-26(33)34-15-22-20-8-4-2-6-18(20)19-7-3-5-9-21(19)22/h2-9,16-17,22-23,29H,10-15H2,1H3,(H,27,33)(H,30,31)/t16-,17+,23?/m1/s1. The van der Waals surface area contributed by atoms with Crippen molar-refractivity contribution in [2.24, 2.45) is 5.92 Å². The Morgan fingerprint density at radius 3 is 2.26 bits per heavy atom. The summed E-state index contributed by atoms with van der Waals surface area (Å²) in [5, 5.41) is 21.7. The molecule has 4 rings (SSSR count). The maximum absolute atomic E-state index is 13.1. The first kappa shape index (κ1) is 23.8. The van der Waals surface area contributed by atoms with Crippen molar-refractivity contribution in [2.75, 3.05) is 19.7 Å². The first-order chi connectivity index (χ1) is 16.3. The van der Waals surface area contributed by atoms with Crippen molar-refractivity contribution in [3.8, 4) is 11.1 Å². The number of piperidine rings is 1. The number of rotatable bonds is 7. The van der Waals surface area contributed by atoms with Gasteiger partial charge in [0.05, 0.1) is 6.10 Å². The van der Waals surface area contributed by atoms with Gasteiger partial charge in [-0.1, -0.05) is 55.5 Å². The molecule has 1 aliphatic heterocycles. The number of carbonyl (C=O) groups excluding carboxylic acids is 2. The van der Waals surface area contributed by atoms with Crippen molar-refractivity contribution in [1.29, 1.82) is 0 Å². The number of carbonyl (C=O) groups is 3. The Hall–Kier alpha value is -3.39. The van der Waals surface area contributed by atoms with Crippen LogP contribution in [0.1, 0.15) is 43.2 Å². The first-order valence-electron chi connectivity index (χ1n) is 11.6. The number of carboxylic acid groups (broad SMARTS) is 1. The molecular weight excluding hydrogens is 436 g/mol. The van der Waals surface area contributed by atoms with Crippen LogP contribution in [0.5, 0.6) is 0 Å². The van der Waals surface area contributed by atoms with Gasteiger partial charge in [-0.25, -0.2) is 4.79 Å². The van der Waals surface area contributed by atoms with Crippen LogP contribution >= 0.6 is 0 Å². The molecule has 2 aliphatic rings. The maximum Gasteiger partial charge on any atom is 0.407 e. The van der Waals surface area contributed by atoms with Gasteiger partial charge in [0.2, 0.25) is 5.91 Å². The summed E-state index contributed by atoms with van der Waals surface area (Å²) in [6.45, 7) is 2.65. The van der Waals surface area contributed by atoms with Crippen LogP contribution in [0.25, 0.3) is 11.1 Å². The molecule has 0 aromatic heterocycles. The minimum absolute atomic E-state index is 0.0562. The zero-order chi connectivity index (χ0) is 24.2. The number of β-amino-alcohol motifs (C(OH)–C–C–N with tert-alkyl or cyclic N) is 1. The number of nitrogens with one attached hydrogen (secondary N) is 1. The third kappa shape index (κ3) is 5.22. The number of aliphatic carboxylic acids is 1. The zero-order valence-corrected chi connectivity index (χ0v) is 19.1. The lowest BCUT2D eigenvalue weighted by atomic mass is 9.97. The Morgan fingerprint density at radius 1 is 1.06 bits per heavy atom. The number of benzene rings is 2. The normalized spacial score (nSPS) is 20.2. The van der Waals surface area contributed by atoms with E-state index in [0.29, 0.717) is 13.0 Å². The second-order valence-electron chi connectivity index (χ2n) is 9.19. The van der Waals surface area contributed by atoms with Crippen LogP contribution in [0, 0.1) is 5.92 Å². The number of aliphatic hydroxyl groups is 1. The molecule has 1 fully saturated rings. The lowest BCUT2D eigenvalue weighted by Crippen LogP contribution is -2.54. The van der Waals surface area contributed by atoms with Crippen LogP contribution in [0.3, 0.4) is 0 Å². The fraction of sp³-hybridized carbons (Fsp3) is 0.423.